The van der Waals surface area contributed by atoms with E-state index in [0.717, 1.165) is 25.2 Å². The molecule has 0 unspecified atom stereocenters. The van der Waals surface area contributed by atoms with Gasteiger partial charge in [0.1, 0.15) is 0 Å². The van der Waals surface area contributed by atoms with Gasteiger partial charge in [0.2, 0.25) is 0 Å². The molecule has 0 aliphatic carbocycles. The number of carbonyl (C=O) groups excluding carboxylic acids is 1. The molecule has 20 heavy (non-hydrogen) atoms. The number of fused-ring (bicyclic) bond motifs is 1. The first-order valence-electron chi connectivity index (χ1n) is 6.61. The molecule has 0 saturated carbocycles. The first-order chi connectivity index (χ1) is 9.69. The van der Waals surface area contributed by atoms with E-state index in [9.17, 15) is 4.79 Å². The second-order valence-electron chi connectivity index (χ2n) is 4.90. The summed E-state index contributed by atoms with van der Waals surface area (Å²) in [6.45, 7) is 1.76. The number of carbonyl (C=O) groups is 1. The zero-order valence-electron chi connectivity index (χ0n) is 11.3. The summed E-state index contributed by atoms with van der Waals surface area (Å²) in [6, 6.07) is 7.63. The molecule has 1 aromatic heterocycles. The van der Waals surface area contributed by atoms with Crippen LogP contribution in [0.2, 0.25) is 0 Å². The fourth-order valence-electron chi connectivity index (χ4n) is 2.59. The first kappa shape index (κ1) is 13.0. The average molecular weight is 287 g/mol. The molecular weight excluding hydrogens is 270 g/mol. The minimum atomic E-state index is -0.0730. The Labute approximate surface area is 122 Å². The summed E-state index contributed by atoms with van der Waals surface area (Å²) < 4.78 is 0. The third-order valence-corrected chi connectivity index (χ3v) is 4.66. The normalized spacial score (nSPS) is 13.9. The molecule has 0 radical (unpaired) electrons. The third kappa shape index (κ3) is 2.25. The SMILES string of the molecule is CNC(=O)c1ccc(N)cc1N1CCc2sccc2C1. The van der Waals surface area contributed by atoms with Crippen LogP contribution in [-0.2, 0) is 13.0 Å². The smallest absolute Gasteiger partial charge is 0.253 e. The zero-order chi connectivity index (χ0) is 14.1. The van der Waals surface area contributed by atoms with E-state index in [-0.39, 0.29) is 5.91 Å². The summed E-state index contributed by atoms with van der Waals surface area (Å²) in [5.41, 5.74) is 9.53. The highest BCUT2D eigenvalue weighted by Gasteiger charge is 2.21. The number of anilines is 2. The van der Waals surface area contributed by atoms with Gasteiger partial charge < -0.3 is 16.0 Å². The van der Waals surface area contributed by atoms with Crippen molar-refractivity contribution in [3.05, 3.63) is 45.6 Å². The topological polar surface area (TPSA) is 58.4 Å². The highest BCUT2D eigenvalue weighted by Crippen LogP contribution is 2.31. The number of nitrogens with zero attached hydrogens (tertiary/aromatic N) is 1. The Morgan fingerprint density at radius 1 is 1.40 bits per heavy atom. The lowest BCUT2D eigenvalue weighted by Crippen LogP contribution is -2.32. The Morgan fingerprint density at radius 3 is 3.05 bits per heavy atom. The second kappa shape index (κ2) is 5.17. The second-order valence-corrected chi connectivity index (χ2v) is 5.90. The summed E-state index contributed by atoms with van der Waals surface area (Å²) in [5.74, 6) is -0.0730. The van der Waals surface area contributed by atoms with Crippen LogP contribution in [0.15, 0.2) is 29.6 Å². The highest BCUT2D eigenvalue weighted by atomic mass is 32.1. The van der Waals surface area contributed by atoms with E-state index < -0.39 is 0 Å². The number of nitrogens with two attached hydrogens (primary N) is 1. The summed E-state index contributed by atoms with van der Waals surface area (Å²) in [5, 5.41) is 4.82. The van der Waals surface area contributed by atoms with Crippen molar-refractivity contribution in [3.63, 3.8) is 0 Å². The van der Waals surface area contributed by atoms with Crippen molar-refractivity contribution in [3.8, 4) is 0 Å². The van der Waals surface area contributed by atoms with E-state index in [1.165, 1.54) is 10.4 Å². The Kier molecular flexibility index (Phi) is 3.36. The Morgan fingerprint density at radius 2 is 2.25 bits per heavy atom. The van der Waals surface area contributed by atoms with Gasteiger partial charge in [0.05, 0.1) is 11.3 Å². The summed E-state index contributed by atoms with van der Waals surface area (Å²) in [6.07, 6.45) is 1.02. The molecule has 3 rings (SSSR count). The number of hydrogen-bond acceptors (Lipinski definition) is 4. The Hall–Kier alpha value is -2.01. The molecule has 3 N–H and O–H groups in total. The summed E-state index contributed by atoms with van der Waals surface area (Å²) >= 11 is 1.81. The van der Waals surface area contributed by atoms with Crippen LogP contribution in [-0.4, -0.2) is 19.5 Å². The van der Waals surface area contributed by atoms with Gasteiger partial charge in [-0.05, 0) is 41.6 Å². The quantitative estimate of drug-likeness (QED) is 0.833. The van der Waals surface area contributed by atoms with Gasteiger partial charge in [-0.25, -0.2) is 0 Å². The Bertz CT molecular complexity index is 650. The molecule has 104 valence electrons. The largest absolute Gasteiger partial charge is 0.399 e. The summed E-state index contributed by atoms with van der Waals surface area (Å²) in [7, 11) is 1.65. The van der Waals surface area contributed by atoms with Crippen LogP contribution in [0.5, 0.6) is 0 Å². The first-order valence-corrected chi connectivity index (χ1v) is 7.49. The van der Waals surface area contributed by atoms with E-state index in [1.54, 1.807) is 19.2 Å². The molecule has 1 aliphatic heterocycles. The van der Waals surface area contributed by atoms with Gasteiger partial charge in [0, 0.05) is 30.7 Å². The standard InChI is InChI=1S/C15H17N3OS/c1-17-15(19)12-3-2-11(16)8-13(12)18-6-4-14-10(9-18)5-7-20-14/h2-3,5,7-8H,4,6,9,16H2,1H3,(H,17,19). The van der Waals surface area contributed by atoms with Crippen molar-refractivity contribution in [2.75, 3.05) is 24.2 Å². The molecule has 5 heteroatoms. The van der Waals surface area contributed by atoms with Gasteiger partial charge in [-0.15, -0.1) is 11.3 Å². The molecule has 1 amide bonds. The Balaban J connectivity index is 1.98. The molecule has 0 atom stereocenters. The van der Waals surface area contributed by atoms with E-state index in [0.29, 0.717) is 11.3 Å². The van der Waals surface area contributed by atoms with E-state index in [2.05, 4.69) is 21.7 Å². The van der Waals surface area contributed by atoms with Crippen molar-refractivity contribution in [1.82, 2.24) is 5.32 Å². The predicted octanol–water partition coefficient (Wildman–Crippen LogP) is 2.25. The molecule has 2 aromatic rings. The van der Waals surface area contributed by atoms with Crippen molar-refractivity contribution in [2.24, 2.45) is 0 Å². The van der Waals surface area contributed by atoms with Gasteiger partial charge in [-0.2, -0.15) is 0 Å². The molecule has 4 nitrogen and oxygen atoms in total. The number of amides is 1. The van der Waals surface area contributed by atoms with E-state index in [4.69, 9.17) is 5.73 Å². The number of hydrogen-bond donors (Lipinski definition) is 2. The van der Waals surface area contributed by atoms with E-state index >= 15 is 0 Å². The number of benzene rings is 1. The number of nitrogen functional groups attached to an aromatic ring is 1. The summed E-state index contributed by atoms with van der Waals surface area (Å²) in [4.78, 5) is 15.7. The van der Waals surface area contributed by atoms with Crippen molar-refractivity contribution in [1.29, 1.82) is 0 Å². The molecule has 0 spiro atoms. The molecule has 0 bridgehead atoms. The van der Waals surface area contributed by atoms with Crippen LogP contribution in [0.25, 0.3) is 0 Å². The maximum atomic E-state index is 12.0. The number of thiophene rings is 1. The van der Waals surface area contributed by atoms with Gasteiger partial charge in [-0.3, -0.25) is 4.79 Å². The fraction of sp³-hybridized carbons (Fsp3) is 0.267. The molecule has 0 fully saturated rings. The lowest BCUT2D eigenvalue weighted by molar-refractivity contribution is 0.0963. The monoisotopic (exact) mass is 287 g/mol. The van der Waals surface area contributed by atoms with Gasteiger partial charge in [0.25, 0.3) is 5.91 Å². The van der Waals surface area contributed by atoms with Gasteiger partial charge in [0.15, 0.2) is 0 Å². The molecule has 2 heterocycles. The fourth-order valence-corrected chi connectivity index (χ4v) is 3.48. The van der Waals surface area contributed by atoms with Crippen LogP contribution >= 0.6 is 11.3 Å². The van der Waals surface area contributed by atoms with Crippen LogP contribution in [0.3, 0.4) is 0 Å². The van der Waals surface area contributed by atoms with Crippen molar-refractivity contribution < 1.29 is 4.79 Å². The minimum absolute atomic E-state index is 0.0730. The van der Waals surface area contributed by atoms with Crippen LogP contribution in [0.1, 0.15) is 20.8 Å². The maximum absolute atomic E-state index is 12.0. The zero-order valence-corrected chi connectivity index (χ0v) is 12.2. The highest BCUT2D eigenvalue weighted by molar-refractivity contribution is 7.10. The van der Waals surface area contributed by atoms with Crippen molar-refractivity contribution >= 4 is 28.6 Å². The average Bonchev–Trinajstić information content (AvgIpc) is 2.93. The lowest BCUT2D eigenvalue weighted by Gasteiger charge is -2.30. The van der Waals surface area contributed by atoms with Crippen LogP contribution < -0.4 is 16.0 Å². The molecular formula is C15H17N3OS. The van der Waals surface area contributed by atoms with Gasteiger partial charge in [-0.1, -0.05) is 0 Å². The molecule has 1 aliphatic rings. The van der Waals surface area contributed by atoms with Gasteiger partial charge >= 0.3 is 0 Å². The van der Waals surface area contributed by atoms with E-state index in [1.807, 2.05) is 17.4 Å². The number of nitrogens with one attached hydrogen (secondary N) is 1. The van der Waals surface area contributed by atoms with Crippen molar-refractivity contribution in [2.45, 2.75) is 13.0 Å². The number of rotatable bonds is 2. The third-order valence-electron chi connectivity index (χ3n) is 3.64. The predicted molar refractivity (Wildman–Crippen MR) is 83.3 cm³/mol. The van der Waals surface area contributed by atoms with Crippen LogP contribution in [0, 0.1) is 0 Å². The molecule has 1 aromatic carbocycles. The van der Waals surface area contributed by atoms with Crippen LogP contribution in [0.4, 0.5) is 11.4 Å². The minimum Gasteiger partial charge on any atom is -0.399 e. The maximum Gasteiger partial charge on any atom is 0.253 e. The lowest BCUT2D eigenvalue weighted by atomic mass is 10.1. The molecule has 0 saturated heterocycles.